The van der Waals surface area contributed by atoms with Crippen molar-refractivity contribution in [2.45, 2.75) is 19.8 Å². The summed E-state index contributed by atoms with van der Waals surface area (Å²) in [5, 5.41) is 3.33. The Morgan fingerprint density at radius 1 is 1.33 bits per heavy atom. The monoisotopic (exact) mass is 207 g/mol. The number of anilines is 1. The molecule has 1 heterocycles. The zero-order valence-corrected chi connectivity index (χ0v) is 9.95. The van der Waals surface area contributed by atoms with Gasteiger partial charge in [0.05, 0.1) is 0 Å². The van der Waals surface area contributed by atoms with E-state index in [-0.39, 0.29) is 0 Å². The summed E-state index contributed by atoms with van der Waals surface area (Å²) in [7, 11) is 4.21. The van der Waals surface area contributed by atoms with Crippen molar-refractivity contribution in [2.24, 2.45) is 0 Å². The molecular formula is C12H21N3. The molecule has 0 amide bonds. The number of rotatable bonds is 6. The summed E-state index contributed by atoms with van der Waals surface area (Å²) in [4.78, 5) is 6.46. The first-order valence-corrected chi connectivity index (χ1v) is 5.50. The second kappa shape index (κ2) is 6.40. The Morgan fingerprint density at radius 2 is 2.13 bits per heavy atom. The molecule has 0 unspecified atom stereocenters. The van der Waals surface area contributed by atoms with Crippen LogP contribution in [0.4, 0.5) is 5.82 Å². The normalized spacial score (nSPS) is 10.7. The van der Waals surface area contributed by atoms with Crippen LogP contribution >= 0.6 is 0 Å². The van der Waals surface area contributed by atoms with Crippen LogP contribution in [-0.2, 0) is 0 Å². The van der Waals surface area contributed by atoms with E-state index >= 15 is 0 Å². The largest absolute Gasteiger partial charge is 0.370 e. The van der Waals surface area contributed by atoms with Crippen LogP contribution < -0.4 is 5.32 Å². The number of nitrogens with zero attached hydrogens (tertiary/aromatic N) is 2. The van der Waals surface area contributed by atoms with E-state index in [9.17, 15) is 0 Å². The first-order valence-electron chi connectivity index (χ1n) is 5.50. The van der Waals surface area contributed by atoms with E-state index in [0.29, 0.717) is 0 Å². The van der Waals surface area contributed by atoms with Crippen LogP contribution in [0.2, 0.25) is 0 Å². The second-order valence-corrected chi connectivity index (χ2v) is 4.16. The van der Waals surface area contributed by atoms with Gasteiger partial charge in [0, 0.05) is 12.7 Å². The van der Waals surface area contributed by atoms with Crippen LogP contribution in [0.5, 0.6) is 0 Å². The van der Waals surface area contributed by atoms with Gasteiger partial charge in [0.1, 0.15) is 5.82 Å². The summed E-state index contributed by atoms with van der Waals surface area (Å²) < 4.78 is 0. The maximum Gasteiger partial charge on any atom is 0.126 e. The maximum absolute atomic E-state index is 4.25. The van der Waals surface area contributed by atoms with Crippen molar-refractivity contribution in [2.75, 3.05) is 32.5 Å². The van der Waals surface area contributed by atoms with Crippen LogP contribution in [0.15, 0.2) is 18.3 Å². The molecule has 0 aliphatic rings. The number of pyridine rings is 1. The molecule has 0 atom stereocenters. The highest BCUT2D eigenvalue weighted by molar-refractivity contribution is 5.36. The summed E-state index contributed by atoms with van der Waals surface area (Å²) in [6.45, 7) is 4.24. The van der Waals surface area contributed by atoms with Gasteiger partial charge in [0.2, 0.25) is 0 Å². The number of aryl methyl sites for hydroxylation is 1. The van der Waals surface area contributed by atoms with Crippen LogP contribution in [-0.4, -0.2) is 37.1 Å². The van der Waals surface area contributed by atoms with Crippen molar-refractivity contribution in [3.05, 3.63) is 23.9 Å². The number of unbranched alkanes of at least 4 members (excludes halogenated alkanes) is 1. The molecule has 0 aliphatic heterocycles. The van der Waals surface area contributed by atoms with Crippen LogP contribution in [0, 0.1) is 6.92 Å². The Balaban J connectivity index is 2.15. The summed E-state index contributed by atoms with van der Waals surface area (Å²) in [6.07, 6.45) is 4.26. The molecule has 3 nitrogen and oxygen atoms in total. The third-order valence-electron chi connectivity index (χ3n) is 2.25. The van der Waals surface area contributed by atoms with Gasteiger partial charge in [-0.05, 0) is 58.1 Å². The molecule has 1 aromatic rings. The lowest BCUT2D eigenvalue weighted by atomic mass is 10.3. The summed E-state index contributed by atoms with van der Waals surface area (Å²) in [6, 6.07) is 4.09. The third-order valence-corrected chi connectivity index (χ3v) is 2.25. The fourth-order valence-electron chi connectivity index (χ4n) is 1.40. The summed E-state index contributed by atoms with van der Waals surface area (Å²) >= 11 is 0. The maximum atomic E-state index is 4.25. The molecule has 15 heavy (non-hydrogen) atoms. The van der Waals surface area contributed by atoms with Crippen molar-refractivity contribution < 1.29 is 0 Å². The van der Waals surface area contributed by atoms with Crippen molar-refractivity contribution in [1.82, 2.24) is 9.88 Å². The van der Waals surface area contributed by atoms with Gasteiger partial charge < -0.3 is 10.2 Å². The molecule has 0 bridgehead atoms. The van der Waals surface area contributed by atoms with Gasteiger partial charge in [-0.15, -0.1) is 0 Å². The molecule has 1 N–H and O–H groups in total. The Morgan fingerprint density at radius 3 is 2.80 bits per heavy atom. The molecule has 3 heteroatoms. The lowest BCUT2D eigenvalue weighted by molar-refractivity contribution is 0.396. The van der Waals surface area contributed by atoms with Crippen molar-refractivity contribution >= 4 is 5.82 Å². The summed E-state index contributed by atoms with van der Waals surface area (Å²) in [5.41, 5.74) is 1.25. The van der Waals surface area contributed by atoms with E-state index in [1.807, 2.05) is 12.3 Å². The van der Waals surface area contributed by atoms with Crippen molar-refractivity contribution in [3.8, 4) is 0 Å². The van der Waals surface area contributed by atoms with Gasteiger partial charge in [0.15, 0.2) is 0 Å². The highest BCUT2D eigenvalue weighted by Crippen LogP contribution is 2.05. The van der Waals surface area contributed by atoms with Gasteiger partial charge in [-0.2, -0.15) is 0 Å². The Labute approximate surface area is 92.5 Å². The lowest BCUT2D eigenvalue weighted by Crippen LogP contribution is -2.14. The zero-order chi connectivity index (χ0) is 11.1. The Kier molecular flexibility index (Phi) is 5.12. The second-order valence-electron chi connectivity index (χ2n) is 4.16. The molecule has 0 aromatic carbocycles. The number of hydrogen-bond donors (Lipinski definition) is 1. The third kappa shape index (κ3) is 5.37. The minimum atomic E-state index is 0.986. The average Bonchev–Trinajstić information content (AvgIpc) is 2.17. The highest BCUT2D eigenvalue weighted by Gasteiger charge is 1.94. The average molecular weight is 207 g/mol. The fourth-order valence-corrected chi connectivity index (χ4v) is 1.40. The minimum absolute atomic E-state index is 0.986. The molecule has 0 saturated heterocycles. The van der Waals surface area contributed by atoms with E-state index < -0.39 is 0 Å². The molecule has 84 valence electrons. The first kappa shape index (κ1) is 12.0. The topological polar surface area (TPSA) is 28.2 Å². The zero-order valence-electron chi connectivity index (χ0n) is 9.95. The molecule has 1 rings (SSSR count). The SMILES string of the molecule is Cc1ccnc(NCCCCN(C)C)c1. The van der Waals surface area contributed by atoms with E-state index in [1.54, 1.807) is 0 Å². The van der Waals surface area contributed by atoms with Gasteiger partial charge in [-0.3, -0.25) is 0 Å². The smallest absolute Gasteiger partial charge is 0.126 e. The van der Waals surface area contributed by atoms with Gasteiger partial charge in [-0.1, -0.05) is 0 Å². The fraction of sp³-hybridized carbons (Fsp3) is 0.583. The molecule has 0 saturated carbocycles. The highest BCUT2D eigenvalue weighted by atomic mass is 15.0. The van der Waals surface area contributed by atoms with E-state index in [2.05, 4.69) is 42.3 Å². The van der Waals surface area contributed by atoms with Crippen molar-refractivity contribution in [1.29, 1.82) is 0 Å². The van der Waals surface area contributed by atoms with Crippen LogP contribution in [0.25, 0.3) is 0 Å². The predicted molar refractivity (Wildman–Crippen MR) is 65.3 cm³/mol. The minimum Gasteiger partial charge on any atom is -0.370 e. The molecule has 1 aromatic heterocycles. The van der Waals surface area contributed by atoms with Crippen molar-refractivity contribution in [3.63, 3.8) is 0 Å². The number of aromatic nitrogens is 1. The standard InChI is InChI=1S/C12H21N3/c1-11-6-8-14-12(10-11)13-7-4-5-9-15(2)3/h6,8,10H,4-5,7,9H2,1-3H3,(H,13,14). The molecule has 0 radical (unpaired) electrons. The summed E-state index contributed by atoms with van der Waals surface area (Å²) in [5.74, 6) is 0.986. The molecule has 0 spiro atoms. The van der Waals surface area contributed by atoms with E-state index in [4.69, 9.17) is 0 Å². The molecule has 0 aliphatic carbocycles. The predicted octanol–water partition coefficient (Wildman–Crippen LogP) is 2.14. The molecule has 0 fully saturated rings. The van der Waals surface area contributed by atoms with Gasteiger partial charge in [-0.25, -0.2) is 4.98 Å². The quantitative estimate of drug-likeness (QED) is 0.724. The number of nitrogens with one attached hydrogen (secondary N) is 1. The Bertz CT molecular complexity index is 284. The molecular weight excluding hydrogens is 186 g/mol. The van der Waals surface area contributed by atoms with Gasteiger partial charge >= 0.3 is 0 Å². The Hall–Kier alpha value is -1.09. The van der Waals surface area contributed by atoms with E-state index in [0.717, 1.165) is 18.9 Å². The number of hydrogen-bond acceptors (Lipinski definition) is 3. The van der Waals surface area contributed by atoms with Crippen LogP contribution in [0.3, 0.4) is 0 Å². The van der Waals surface area contributed by atoms with E-state index in [1.165, 1.54) is 18.4 Å². The lowest BCUT2D eigenvalue weighted by Gasteiger charge is -2.09. The van der Waals surface area contributed by atoms with Crippen LogP contribution in [0.1, 0.15) is 18.4 Å². The first-order chi connectivity index (χ1) is 7.18. The van der Waals surface area contributed by atoms with Gasteiger partial charge in [0.25, 0.3) is 0 Å².